The maximum atomic E-state index is 10.6. The van der Waals surface area contributed by atoms with Crippen LogP contribution in [0.4, 0.5) is 0 Å². The highest BCUT2D eigenvalue weighted by atomic mass is 16.8. The lowest BCUT2D eigenvalue weighted by molar-refractivity contribution is -0.359. The first-order valence-electron chi connectivity index (χ1n) is 10.5. The topological polar surface area (TPSA) is 269 Å². The van der Waals surface area contributed by atoms with Gasteiger partial charge in [0.1, 0.15) is 74.8 Å². The summed E-state index contributed by atoms with van der Waals surface area (Å²) in [6.07, 6.45) is -15.1. The molecule has 0 saturated carbocycles. The maximum Gasteiger partial charge on any atom is 0.222 e. The summed E-state index contributed by atoms with van der Waals surface area (Å²) < 4.78 is 26.6. The van der Waals surface area contributed by atoms with E-state index in [0.717, 1.165) is 0 Å². The molecule has 0 aromatic rings. The molecular weight excluding hydrogens is 472 g/mol. The fraction of sp³-hybridized carbons (Fsp3) is 1.00. The van der Waals surface area contributed by atoms with Gasteiger partial charge in [-0.2, -0.15) is 0 Å². The molecule has 16 heteroatoms. The van der Waals surface area contributed by atoms with Crippen molar-refractivity contribution in [3.8, 4) is 0 Å². The Labute approximate surface area is 192 Å². The van der Waals surface area contributed by atoms with Crippen molar-refractivity contribution in [1.29, 1.82) is 0 Å². The molecule has 12 atom stereocenters. The summed E-state index contributed by atoms with van der Waals surface area (Å²) in [7, 11) is 0. The van der Waals surface area contributed by atoms with E-state index < -0.39 is 112 Å². The maximum absolute atomic E-state index is 10.6. The molecule has 0 spiro atoms. The molecule has 3 rings (SSSR count). The van der Waals surface area contributed by atoms with Crippen molar-refractivity contribution in [2.45, 2.75) is 72.3 Å². The monoisotopic (exact) mass is 504 g/mol. The van der Waals surface area contributed by atoms with Crippen LogP contribution >= 0.6 is 0 Å². The lowest BCUT2D eigenvalue weighted by atomic mass is 10.0. The van der Waals surface area contributed by atoms with Gasteiger partial charge in [0, 0.05) is 0 Å². The quantitative estimate of drug-likeness (QED) is 0.132. The fourth-order valence-corrected chi connectivity index (χ4v) is 4.17. The van der Waals surface area contributed by atoms with Gasteiger partial charge in [0.15, 0.2) is 0 Å². The predicted molar refractivity (Wildman–Crippen MR) is 101 cm³/mol. The summed E-state index contributed by atoms with van der Waals surface area (Å²) >= 11 is 0. The Morgan fingerprint density at radius 3 is 1.41 bits per heavy atom. The Kier molecular flexibility index (Phi) is 8.53. The molecule has 3 fully saturated rings. The average molecular weight is 504 g/mol. The minimum absolute atomic E-state index is 0.744. The highest BCUT2D eigenvalue weighted by Crippen LogP contribution is 2.39. The number of rotatable bonds is 10. The van der Waals surface area contributed by atoms with Crippen LogP contribution in [0.25, 0.3) is 0 Å². The van der Waals surface area contributed by atoms with Crippen LogP contribution in [0.5, 0.6) is 0 Å². The molecule has 0 aromatic heterocycles. The second-order valence-corrected chi connectivity index (χ2v) is 8.53. The number of ether oxygens (including phenoxy) is 5. The molecule has 16 nitrogen and oxygen atoms in total. The SMILES string of the molecule is OC[C@H]1OC(O)(COC2(COC3(CO)O[C@H](CO)[C@H](O)C3O)O[C@H](CO)[C@H](O)C2O)C(O)[C@H]1O. The largest absolute Gasteiger partial charge is 0.394 e. The molecule has 3 aliphatic rings. The summed E-state index contributed by atoms with van der Waals surface area (Å²) in [6, 6.07) is 0. The van der Waals surface area contributed by atoms with Gasteiger partial charge in [0.05, 0.1) is 19.8 Å². The highest BCUT2D eigenvalue weighted by molar-refractivity contribution is 5.02. The molecular formula is C18H32O16. The number of hydrogen-bond acceptors (Lipinski definition) is 16. The van der Waals surface area contributed by atoms with Crippen LogP contribution in [0, 0.1) is 0 Å². The van der Waals surface area contributed by atoms with Gasteiger partial charge < -0.3 is 79.9 Å². The molecule has 6 unspecified atom stereocenters. The van der Waals surface area contributed by atoms with Gasteiger partial charge in [-0.15, -0.1) is 0 Å². The van der Waals surface area contributed by atoms with Crippen LogP contribution in [0.1, 0.15) is 0 Å². The third-order valence-electron chi connectivity index (χ3n) is 6.34. The molecule has 200 valence electrons. The summed E-state index contributed by atoms with van der Waals surface area (Å²) in [4.78, 5) is 0. The standard InChI is InChI=1S/C18H32O16/c19-1-7-10(23)13(26)16(29,32-7)5-30-18(15(28)12(25)9(3-21)34-18)6-31-17(4-22)14(27)11(24)8(2-20)33-17/h7-15,19-29H,1-6H2/t7-,8-,9-,10+,11+,12+,13?,14?,15?,16?,17?,18?/m1/s1. The molecule has 0 aliphatic carbocycles. The van der Waals surface area contributed by atoms with E-state index in [4.69, 9.17) is 23.7 Å². The van der Waals surface area contributed by atoms with E-state index in [1.165, 1.54) is 0 Å². The number of hydrogen-bond donors (Lipinski definition) is 11. The lowest BCUT2D eigenvalue weighted by Gasteiger charge is -2.38. The Hall–Kier alpha value is -0.640. The third kappa shape index (κ3) is 4.59. The van der Waals surface area contributed by atoms with Crippen LogP contribution in [0.15, 0.2) is 0 Å². The van der Waals surface area contributed by atoms with E-state index in [0.29, 0.717) is 0 Å². The van der Waals surface area contributed by atoms with Gasteiger partial charge in [-0.25, -0.2) is 0 Å². The molecule has 0 radical (unpaired) electrons. The summed E-state index contributed by atoms with van der Waals surface area (Å²) in [5.41, 5.74) is 0. The molecule has 34 heavy (non-hydrogen) atoms. The van der Waals surface area contributed by atoms with Crippen molar-refractivity contribution < 1.29 is 79.9 Å². The van der Waals surface area contributed by atoms with Crippen LogP contribution in [-0.4, -0.2) is 168 Å². The Bertz CT molecular complexity index is 684. The van der Waals surface area contributed by atoms with Crippen molar-refractivity contribution in [2.75, 3.05) is 39.6 Å². The first-order valence-corrected chi connectivity index (χ1v) is 10.5. The summed E-state index contributed by atoms with van der Waals surface area (Å²) in [5.74, 6) is -7.37. The first kappa shape index (κ1) is 27.9. The minimum atomic E-state index is -2.61. The Morgan fingerprint density at radius 1 is 0.559 bits per heavy atom. The van der Waals surface area contributed by atoms with E-state index in [1.807, 2.05) is 0 Å². The molecule has 0 aromatic carbocycles. The molecule has 0 bridgehead atoms. The molecule has 3 aliphatic heterocycles. The Morgan fingerprint density at radius 2 is 0.971 bits per heavy atom. The van der Waals surface area contributed by atoms with Gasteiger partial charge in [0.25, 0.3) is 0 Å². The van der Waals surface area contributed by atoms with Crippen LogP contribution in [-0.2, 0) is 23.7 Å². The van der Waals surface area contributed by atoms with Crippen molar-refractivity contribution in [3.05, 3.63) is 0 Å². The van der Waals surface area contributed by atoms with E-state index >= 15 is 0 Å². The zero-order valence-corrected chi connectivity index (χ0v) is 17.9. The summed E-state index contributed by atoms with van der Waals surface area (Å²) in [5, 5.41) is 109. The van der Waals surface area contributed by atoms with Crippen molar-refractivity contribution in [1.82, 2.24) is 0 Å². The zero-order chi connectivity index (χ0) is 25.5. The minimum Gasteiger partial charge on any atom is -0.394 e. The normalized spacial score (nSPS) is 51.4. The second-order valence-electron chi connectivity index (χ2n) is 8.53. The van der Waals surface area contributed by atoms with Gasteiger partial charge >= 0.3 is 0 Å². The van der Waals surface area contributed by atoms with E-state index in [1.54, 1.807) is 0 Å². The smallest absolute Gasteiger partial charge is 0.222 e. The van der Waals surface area contributed by atoms with Gasteiger partial charge in [0.2, 0.25) is 17.4 Å². The van der Waals surface area contributed by atoms with E-state index in [-0.39, 0.29) is 0 Å². The predicted octanol–water partition coefficient (Wildman–Crippen LogP) is -7.57. The van der Waals surface area contributed by atoms with Gasteiger partial charge in [-0.3, -0.25) is 0 Å². The highest BCUT2D eigenvalue weighted by Gasteiger charge is 2.62. The van der Waals surface area contributed by atoms with E-state index in [9.17, 15) is 56.2 Å². The zero-order valence-electron chi connectivity index (χ0n) is 17.9. The fourth-order valence-electron chi connectivity index (χ4n) is 4.17. The van der Waals surface area contributed by atoms with Crippen LogP contribution < -0.4 is 0 Å². The third-order valence-corrected chi connectivity index (χ3v) is 6.34. The van der Waals surface area contributed by atoms with Crippen molar-refractivity contribution in [3.63, 3.8) is 0 Å². The number of aliphatic hydroxyl groups excluding tert-OH is 10. The Balaban J connectivity index is 1.82. The summed E-state index contributed by atoms with van der Waals surface area (Å²) in [6.45, 7) is -5.33. The lowest BCUT2D eigenvalue weighted by Crippen LogP contribution is -2.57. The molecule has 3 heterocycles. The number of aliphatic hydroxyl groups is 11. The van der Waals surface area contributed by atoms with Crippen LogP contribution in [0.2, 0.25) is 0 Å². The molecule has 11 N–H and O–H groups in total. The first-order chi connectivity index (χ1) is 15.9. The average Bonchev–Trinajstić information content (AvgIpc) is 3.33. The second kappa shape index (κ2) is 10.4. The van der Waals surface area contributed by atoms with Crippen molar-refractivity contribution >= 4 is 0 Å². The van der Waals surface area contributed by atoms with Gasteiger partial charge in [-0.1, -0.05) is 0 Å². The molecule has 0 amide bonds. The van der Waals surface area contributed by atoms with Gasteiger partial charge in [-0.05, 0) is 0 Å². The molecule has 3 saturated heterocycles. The van der Waals surface area contributed by atoms with Crippen molar-refractivity contribution in [2.24, 2.45) is 0 Å². The van der Waals surface area contributed by atoms with Crippen LogP contribution in [0.3, 0.4) is 0 Å². The van der Waals surface area contributed by atoms with E-state index in [2.05, 4.69) is 0 Å².